The zero-order valence-corrected chi connectivity index (χ0v) is 11.2. The van der Waals surface area contributed by atoms with Crippen LogP contribution in [0.5, 0.6) is 0 Å². The smallest absolute Gasteiger partial charge is 0.261 e. The van der Waals surface area contributed by atoms with Crippen LogP contribution in [0.25, 0.3) is 0 Å². The lowest BCUT2D eigenvalue weighted by atomic mass is 9.98. The van der Waals surface area contributed by atoms with E-state index in [1.807, 2.05) is 6.07 Å². The molecule has 1 aliphatic rings. The lowest BCUT2D eigenvalue weighted by Gasteiger charge is -2.26. The third-order valence-corrected chi connectivity index (χ3v) is 3.34. The third kappa shape index (κ3) is 2.28. The number of benzene rings is 1. The Balaban J connectivity index is 1.89. The molecule has 0 radical (unpaired) electrons. The van der Waals surface area contributed by atoms with E-state index in [9.17, 15) is 9.59 Å². The van der Waals surface area contributed by atoms with Crippen molar-refractivity contribution in [2.45, 2.75) is 13.0 Å². The first kappa shape index (κ1) is 12.7. The van der Waals surface area contributed by atoms with Gasteiger partial charge in [-0.1, -0.05) is 29.8 Å². The van der Waals surface area contributed by atoms with E-state index in [1.165, 1.54) is 4.90 Å². The van der Waals surface area contributed by atoms with Crippen molar-refractivity contribution in [1.82, 2.24) is 15.1 Å². The molecule has 20 heavy (non-hydrogen) atoms. The van der Waals surface area contributed by atoms with Gasteiger partial charge in [-0.05, 0) is 23.8 Å². The molecule has 2 heterocycles. The number of carbonyl (C=O) groups excluding carboxylic acids is 2. The van der Waals surface area contributed by atoms with Crippen molar-refractivity contribution in [3.8, 4) is 0 Å². The summed E-state index contributed by atoms with van der Waals surface area (Å²) in [7, 11) is 0. The van der Waals surface area contributed by atoms with Crippen molar-refractivity contribution in [3.05, 3.63) is 58.4 Å². The zero-order chi connectivity index (χ0) is 14.1. The highest BCUT2D eigenvalue weighted by Crippen LogP contribution is 2.21. The largest absolute Gasteiger partial charge is 0.274 e. The molecule has 0 spiro atoms. The molecule has 0 aliphatic carbocycles. The lowest BCUT2D eigenvalue weighted by molar-refractivity contribution is -0.128. The molecular weight excluding hydrogens is 278 g/mol. The Hall–Kier alpha value is -2.27. The Morgan fingerprint density at radius 1 is 1.10 bits per heavy atom. The monoisotopic (exact) mass is 287 g/mol. The maximum Gasteiger partial charge on any atom is 0.261 e. The average molecular weight is 288 g/mol. The first-order chi connectivity index (χ1) is 9.65. The molecule has 5 nitrogen and oxygen atoms in total. The standard InChI is InChI=1S/C14H10ClN3O2/c15-12-6-5-10(16-17-12)8-18-13(19)7-9-3-1-2-4-11(9)14(18)20/h1-6H,7-8H2. The van der Waals surface area contributed by atoms with Gasteiger partial charge in [-0.15, -0.1) is 5.10 Å². The van der Waals surface area contributed by atoms with E-state index in [1.54, 1.807) is 30.3 Å². The van der Waals surface area contributed by atoms with Crippen LogP contribution in [0.3, 0.4) is 0 Å². The predicted molar refractivity (Wildman–Crippen MR) is 72.1 cm³/mol. The molecule has 0 bridgehead atoms. The summed E-state index contributed by atoms with van der Waals surface area (Å²) in [5, 5.41) is 7.85. The van der Waals surface area contributed by atoms with E-state index in [4.69, 9.17) is 11.6 Å². The minimum atomic E-state index is -0.298. The van der Waals surface area contributed by atoms with Crippen molar-refractivity contribution < 1.29 is 9.59 Å². The molecule has 6 heteroatoms. The van der Waals surface area contributed by atoms with Crippen LogP contribution < -0.4 is 0 Å². The fourth-order valence-electron chi connectivity index (χ4n) is 2.15. The topological polar surface area (TPSA) is 63.2 Å². The molecule has 0 fully saturated rings. The maximum atomic E-state index is 12.3. The minimum absolute atomic E-state index is 0.107. The van der Waals surface area contributed by atoms with Gasteiger partial charge in [0.2, 0.25) is 5.91 Å². The zero-order valence-electron chi connectivity index (χ0n) is 10.4. The average Bonchev–Trinajstić information content (AvgIpc) is 2.45. The first-order valence-corrected chi connectivity index (χ1v) is 6.43. The third-order valence-electron chi connectivity index (χ3n) is 3.14. The van der Waals surface area contributed by atoms with Gasteiger partial charge in [0.1, 0.15) is 0 Å². The van der Waals surface area contributed by atoms with Gasteiger partial charge in [0.05, 0.1) is 18.7 Å². The molecule has 2 aromatic rings. The highest BCUT2D eigenvalue weighted by Gasteiger charge is 2.30. The van der Waals surface area contributed by atoms with Gasteiger partial charge in [-0.3, -0.25) is 14.5 Å². The van der Waals surface area contributed by atoms with E-state index in [-0.39, 0.29) is 29.9 Å². The number of nitrogens with zero attached hydrogens (tertiary/aromatic N) is 3. The van der Waals surface area contributed by atoms with E-state index in [0.717, 1.165) is 5.56 Å². The Morgan fingerprint density at radius 3 is 2.65 bits per heavy atom. The van der Waals surface area contributed by atoms with E-state index in [0.29, 0.717) is 11.3 Å². The molecule has 0 atom stereocenters. The minimum Gasteiger partial charge on any atom is -0.274 e. The van der Waals surface area contributed by atoms with Gasteiger partial charge in [0, 0.05) is 5.56 Å². The molecule has 3 rings (SSSR count). The number of hydrogen-bond donors (Lipinski definition) is 0. The second-order valence-electron chi connectivity index (χ2n) is 4.47. The molecule has 1 aromatic heterocycles. The predicted octanol–water partition coefficient (Wildman–Crippen LogP) is 1.86. The van der Waals surface area contributed by atoms with Crippen LogP contribution in [0.15, 0.2) is 36.4 Å². The number of aromatic nitrogens is 2. The van der Waals surface area contributed by atoms with Crippen LogP contribution in [0.4, 0.5) is 0 Å². The number of rotatable bonds is 2. The van der Waals surface area contributed by atoms with Crippen LogP contribution in [0.2, 0.25) is 5.15 Å². The van der Waals surface area contributed by atoms with Crippen LogP contribution in [0.1, 0.15) is 21.6 Å². The fourth-order valence-corrected chi connectivity index (χ4v) is 2.25. The fraction of sp³-hybridized carbons (Fsp3) is 0.143. The van der Waals surface area contributed by atoms with Crippen molar-refractivity contribution >= 4 is 23.4 Å². The highest BCUT2D eigenvalue weighted by molar-refractivity contribution is 6.29. The Bertz CT molecular complexity index is 685. The molecule has 1 aliphatic heterocycles. The van der Waals surface area contributed by atoms with Crippen molar-refractivity contribution in [3.63, 3.8) is 0 Å². The first-order valence-electron chi connectivity index (χ1n) is 6.06. The van der Waals surface area contributed by atoms with E-state index < -0.39 is 0 Å². The molecule has 1 aromatic carbocycles. The SMILES string of the molecule is O=C1Cc2ccccc2C(=O)N1Cc1ccc(Cl)nn1. The van der Waals surface area contributed by atoms with Crippen molar-refractivity contribution in [2.75, 3.05) is 0 Å². The summed E-state index contributed by atoms with van der Waals surface area (Å²) in [5.41, 5.74) is 1.85. The summed E-state index contributed by atoms with van der Waals surface area (Å²) in [6, 6.07) is 10.4. The molecule has 2 amide bonds. The Kier molecular flexibility index (Phi) is 3.20. The van der Waals surface area contributed by atoms with E-state index >= 15 is 0 Å². The normalized spacial score (nSPS) is 14.3. The summed E-state index contributed by atoms with van der Waals surface area (Å²) >= 11 is 5.66. The number of halogens is 1. The van der Waals surface area contributed by atoms with Crippen LogP contribution in [-0.4, -0.2) is 26.9 Å². The lowest BCUT2D eigenvalue weighted by Crippen LogP contribution is -2.41. The van der Waals surface area contributed by atoms with Gasteiger partial charge >= 0.3 is 0 Å². The summed E-state index contributed by atoms with van der Waals surface area (Å²) < 4.78 is 0. The molecule has 0 saturated heterocycles. The molecule has 0 saturated carbocycles. The summed E-state index contributed by atoms with van der Waals surface area (Å²) in [5.74, 6) is -0.529. The Labute approximate surface area is 120 Å². The Morgan fingerprint density at radius 2 is 1.90 bits per heavy atom. The molecule has 0 unspecified atom stereocenters. The van der Waals surface area contributed by atoms with Crippen molar-refractivity contribution in [2.24, 2.45) is 0 Å². The van der Waals surface area contributed by atoms with Crippen LogP contribution in [0, 0.1) is 0 Å². The summed E-state index contributed by atoms with van der Waals surface area (Å²) in [6.07, 6.45) is 0.225. The second-order valence-corrected chi connectivity index (χ2v) is 4.85. The number of amides is 2. The van der Waals surface area contributed by atoms with Gasteiger partial charge in [0.25, 0.3) is 5.91 Å². The maximum absolute atomic E-state index is 12.3. The second kappa shape index (κ2) is 5.02. The number of fused-ring (bicyclic) bond motifs is 1. The quantitative estimate of drug-likeness (QED) is 0.791. The van der Waals surface area contributed by atoms with Crippen molar-refractivity contribution in [1.29, 1.82) is 0 Å². The van der Waals surface area contributed by atoms with Crippen LogP contribution >= 0.6 is 11.6 Å². The molecular formula is C14H10ClN3O2. The van der Waals surface area contributed by atoms with Crippen LogP contribution in [-0.2, 0) is 17.8 Å². The van der Waals surface area contributed by atoms with Gasteiger partial charge in [-0.25, -0.2) is 0 Å². The number of carbonyl (C=O) groups is 2. The van der Waals surface area contributed by atoms with Gasteiger partial charge < -0.3 is 0 Å². The van der Waals surface area contributed by atoms with Gasteiger partial charge in [0.15, 0.2) is 5.15 Å². The number of hydrogen-bond acceptors (Lipinski definition) is 4. The molecule has 100 valence electrons. The van der Waals surface area contributed by atoms with E-state index in [2.05, 4.69) is 10.2 Å². The number of imide groups is 1. The highest BCUT2D eigenvalue weighted by atomic mass is 35.5. The summed E-state index contributed by atoms with van der Waals surface area (Å²) in [6.45, 7) is 0.107. The molecule has 0 N–H and O–H groups in total. The summed E-state index contributed by atoms with van der Waals surface area (Å²) in [4.78, 5) is 25.6. The van der Waals surface area contributed by atoms with Gasteiger partial charge in [-0.2, -0.15) is 5.10 Å².